The summed E-state index contributed by atoms with van der Waals surface area (Å²) in [6, 6.07) is -0.0595. The van der Waals surface area contributed by atoms with Crippen LogP contribution in [0.3, 0.4) is 0 Å². The quantitative estimate of drug-likeness (QED) is 0.651. The summed E-state index contributed by atoms with van der Waals surface area (Å²) >= 11 is 1.62. The van der Waals surface area contributed by atoms with E-state index < -0.39 is 10.0 Å². The van der Waals surface area contributed by atoms with Crippen molar-refractivity contribution < 1.29 is 8.42 Å². The Balaban J connectivity index is 2.88. The molecule has 0 amide bonds. The molecule has 0 saturated carbocycles. The number of rotatable bonds is 8. The number of hydrogen-bond donors (Lipinski definition) is 3. The second-order valence-electron chi connectivity index (χ2n) is 3.94. The highest BCUT2D eigenvalue weighted by atomic mass is 32.2. The molecule has 0 aliphatic heterocycles. The van der Waals surface area contributed by atoms with Crippen LogP contribution in [0.1, 0.15) is 18.9 Å². The van der Waals surface area contributed by atoms with Crippen molar-refractivity contribution in [3.63, 3.8) is 0 Å². The second-order valence-corrected chi connectivity index (χ2v) is 6.50. The highest BCUT2D eigenvalue weighted by Gasteiger charge is 2.23. The van der Waals surface area contributed by atoms with Gasteiger partial charge in [-0.3, -0.25) is 5.10 Å². The van der Waals surface area contributed by atoms with E-state index >= 15 is 0 Å². The van der Waals surface area contributed by atoms with Crippen LogP contribution in [0.2, 0.25) is 0 Å². The third kappa shape index (κ3) is 3.98. The van der Waals surface area contributed by atoms with Gasteiger partial charge in [0.05, 0.1) is 6.20 Å². The van der Waals surface area contributed by atoms with Gasteiger partial charge in [0.25, 0.3) is 10.0 Å². The van der Waals surface area contributed by atoms with E-state index in [0.717, 1.165) is 12.2 Å². The first-order valence-corrected chi connectivity index (χ1v) is 8.61. The summed E-state index contributed by atoms with van der Waals surface area (Å²) in [5.41, 5.74) is 0.643. The summed E-state index contributed by atoms with van der Waals surface area (Å²) in [5.74, 6) is 0.755. The molecule has 6 nitrogen and oxygen atoms in total. The summed E-state index contributed by atoms with van der Waals surface area (Å²) in [4.78, 5) is 0. The number of nitrogens with one attached hydrogen (secondary N) is 3. The Labute approximate surface area is 112 Å². The zero-order chi connectivity index (χ0) is 13.6. The molecule has 0 bridgehead atoms. The molecule has 3 N–H and O–H groups in total. The van der Waals surface area contributed by atoms with E-state index in [9.17, 15) is 8.42 Å². The van der Waals surface area contributed by atoms with Crippen LogP contribution in [-0.2, 0) is 16.6 Å². The predicted molar refractivity (Wildman–Crippen MR) is 74.1 cm³/mol. The number of nitrogens with zero attached hydrogens (tertiary/aromatic N) is 1. The first-order chi connectivity index (χ1) is 8.55. The van der Waals surface area contributed by atoms with Gasteiger partial charge in [0.15, 0.2) is 5.03 Å². The number of aromatic amines is 1. The van der Waals surface area contributed by atoms with Crippen LogP contribution in [0, 0.1) is 0 Å². The average molecular weight is 292 g/mol. The smallest absolute Gasteiger partial charge is 0.258 e. The number of hydrogen-bond acceptors (Lipinski definition) is 5. The molecule has 0 aromatic carbocycles. The monoisotopic (exact) mass is 292 g/mol. The van der Waals surface area contributed by atoms with E-state index in [1.807, 2.05) is 13.2 Å². The second kappa shape index (κ2) is 7.13. The van der Waals surface area contributed by atoms with Crippen LogP contribution in [0.5, 0.6) is 0 Å². The Morgan fingerprint density at radius 3 is 2.83 bits per heavy atom. The van der Waals surface area contributed by atoms with Crippen molar-refractivity contribution in [2.45, 2.75) is 31.0 Å². The lowest BCUT2D eigenvalue weighted by atomic mass is 10.3. The van der Waals surface area contributed by atoms with Crippen molar-refractivity contribution in [3.05, 3.63) is 11.8 Å². The zero-order valence-electron chi connectivity index (χ0n) is 10.9. The minimum absolute atomic E-state index is 0.0595. The van der Waals surface area contributed by atoms with Gasteiger partial charge in [0, 0.05) is 23.9 Å². The molecule has 104 valence electrons. The summed E-state index contributed by atoms with van der Waals surface area (Å²) < 4.78 is 27.1. The molecule has 1 atom stereocenters. The molecule has 0 radical (unpaired) electrons. The van der Waals surface area contributed by atoms with Crippen LogP contribution >= 0.6 is 11.8 Å². The third-order valence-corrected chi connectivity index (χ3v) is 4.77. The predicted octanol–water partition coefficient (Wildman–Crippen LogP) is 0.549. The zero-order valence-corrected chi connectivity index (χ0v) is 12.5. The first kappa shape index (κ1) is 15.5. The molecular formula is C10H20N4O2S2. The molecule has 8 heteroatoms. The maximum absolute atomic E-state index is 12.2. The minimum Gasteiger partial charge on any atom is -0.316 e. The lowest BCUT2D eigenvalue weighted by Crippen LogP contribution is -2.36. The molecule has 0 aliphatic carbocycles. The Kier molecular flexibility index (Phi) is 6.13. The summed E-state index contributed by atoms with van der Waals surface area (Å²) in [6.07, 6.45) is 4.25. The van der Waals surface area contributed by atoms with Gasteiger partial charge in [-0.1, -0.05) is 6.92 Å². The van der Waals surface area contributed by atoms with Crippen molar-refractivity contribution in [2.24, 2.45) is 0 Å². The van der Waals surface area contributed by atoms with Crippen LogP contribution in [0.15, 0.2) is 11.2 Å². The molecule has 1 aromatic heterocycles. The largest absolute Gasteiger partial charge is 0.316 e. The fourth-order valence-corrected chi connectivity index (χ4v) is 3.84. The van der Waals surface area contributed by atoms with Crippen molar-refractivity contribution in [2.75, 3.05) is 19.1 Å². The molecule has 0 aliphatic rings. The molecule has 1 unspecified atom stereocenters. The minimum atomic E-state index is -3.52. The van der Waals surface area contributed by atoms with Crippen molar-refractivity contribution in [1.29, 1.82) is 0 Å². The number of aromatic nitrogens is 2. The number of H-pyrrole nitrogens is 1. The molecule has 0 fully saturated rings. The topological polar surface area (TPSA) is 86.9 Å². The van der Waals surface area contributed by atoms with Gasteiger partial charge in [-0.2, -0.15) is 16.9 Å². The molecule has 1 rings (SSSR count). The third-order valence-electron chi connectivity index (χ3n) is 2.50. The van der Waals surface area contributed by atoms with E-state index in [1.54, 1.807) is 18.8 Å². The highest BCUT2D eigenvalue weighted by Crippen LogP contribution is 2.13. The fraction of sp³-hybridized carbons (Fsp3) is 0.700. The van der Waals surface area contributed by atoms with Gasteiger partial charge >= 0.3 is 0 Å². The Morgan fingerprint density at radius 2 is 2.28 bits per heavy atom. The van der Waals surface area contributed by atoms with Gasteiger partial charge < -0.3 is 5.32 Å². The lowest BCUT2D eigenvalue weighted by Gasteiger charge is -2.15. The van der Waals surface area contributed by atoms with E-state index in [-0.39, 0.29) is 11.1 Å². The van der Waals surface area contributed by atoms with E-state index in [1.165, 1.54) is 6.20 Å². The summed E-state index contributed by atoms with van der Waals surface area (Å²) in [5, 5.41) is 9.42. The lowest BCUT2D eigenvalue weighted by molar-refractivity contribution is 0.552. The number of thioether (sulfide) groups is 1. The molecule has 0 spiro atoms. The average Bonchev–Trinajstić information content (AvgIpc) is 2.78. The summed E-state index contributed by atoms with van der Waals surface area (Å²) in [6.45, 7) is 2.43. The normalized spacial score (nSPS) is 13.7. The molecule has 0 saturated heterocycles. The highest BCUT2D eigenvalue weighted by molar-refractivity contribution is 7.98. The molecule has 1 heterocycles. The SMILES string of the molecule is CCC(CSC)NS(=O)(=O)c1[nH]ncc1CNC. The maximum Gasteiger partial charge on any atom is 0.258 e. The van der Waals surface area contributed by atoms with Crippen molar-refractivity contribution >= 4 is 21.8 Å². The number of sulfonamides is 1. The van der Waals surface area contributed by atoms with Crippen LogP contribution in [0.4, 0.5) is 0 Å². The van der Waals surface area contributed by atoms with Crippen molar-refractivity contribution in [3.8, 4) is 0 Å². The Morgan fingerprint density at radius 1 is 1.56 bits per heavy atom. The van der Waals surface area contributed by atoms with Crippen molar-refractivity contribution in [1.82, 2.24) is 20.2 Å². The Bertz CT molecular complexity index is 458. The standard InChI is InChI=1S/C10H20N4O2S2/c1-4-9(7-17-3)14-18(15,16)10-8(5-11-2)6-12-13-10/h6,9,11,14H,4-5,7H2,1-3H3,(H,12,13). The molecular weight excluding hydrogens is 272 g/mol. The Hall–Kier alpha value is -0.570. The van der Waals surface area contributed by atoms with Gasteiger partial charge in [0.1, 0.15) is 0 Å². The van der Waals surface area contributed by atoms with Gasteiger partial charge in [-0.05, 0) is 19.7 Å². The van der Waals surface area contributed by atoms with Crippen LogP contribution in [0.25, 0.3) is 0 Å². The molecule has 1 aromatic rings. The van der Waals surface area contributed by atoms with E-state index in [0.29, 0.717) is 12.1 Å². The van der Waals surface area contributed by atoms with E-state index in [4.69, 9.17) is 0 Å². The van der Waals surface area contributed by atoms with Gasteiger partial charge in [0.2, 0.25) is 0 Å². The van der Waals surface area contributed by atoms with E-state index in [2.05, 4.69) is 20.2 Å². The van der Waals surface area contributed by atoms with Crippen LogP contribution < -0.4 is 10.0 Å². The first-order valence-electron chi connectivity index (χ1n) is 5.73. The maximum atomic E-state index is 12.2. The molecule has 18 heavy (non-hydrogen) atoms. The van der Waals surface area contributed by atoms with Crippen LogP contribution in [-0.4, -0.2) is 43.7 Å². The fourth-order valence-electron chi connectivity index (χ4n) is 1.56. The van der Waals surface area contributed by atoms with Gasteiger partial charge in [-0.15, -0.1) is 0 Å². The summed E-state index contributed by atoms with van der Waals surface area (Å²) in [7, 11) is -1.76. The van der Waals surface area contributed by atoms with Gasteiger partial charge in [-0.25, -0.2) is 13.1 Å².